The van der Waals surface area contributed by atoms with E-state index in [0.29, 0.717) is 6.42 Å². The second-order valence-corrected chi connectivity index (χ2v) is 4.57. The zero-order valence-electron chi connectivity index (χ0n) is 10.8. The van der Waals surface area contributed by atoms with E-state index in [-0.39, 0.29) is 31.3 Å². The Balaban J connectivity index is 2.66. The highest BCUT2D eigenvalue weighted by Crippen LogP contribution is 2.19. The summed E-state index contributed by atoms with van der Waals surface area (Å²) in [7, 11) is 0. The summed E-state index contributed by atoms with van der Waals surface area (Å²) in [5, 5.41) is 2.60. The van der Waals surface area contributed by atoms with E-state index in [9.17, 15) is 22.8 Å². The van der Waals surface area contributed by atoms with Crippen LogP contribution in [-0.2, 0) is 14.3 Å². The first-order valence-electron chi connectivity index (χ1n) is 5.99. The van der Waals surface area contributed by atoms with Crippen LogP contribution in [0.4, 0.5) is 13.2 Å². The number of carbonyl (C=O) groups is 2. The van der Waals surface area contributed by atoms with Crippen molar-refractivity contribution in [2.45, 2.75) is 38.6 Å². The molecule has 0 bridgehead atoms. The molecule has 5 nitrogen and oxygen atoms in total. The first-order valence-corrected chi connectivity index (χ1v) is 5.99. The van der Waals surface area contributed by atoms with Crippen LogP contribution in [0.15, 0.2) is 0 Å². The average Bonchev–Trinajstić information content (AvgIpc) is 2.39. The Kier molecular flexibility index (Phi) is 4.78. The third-order valence-corrected chi connectivity index (χ3v) is 3.12. The second-order valence-electron chi connectivity index (χ2n) is 4.57. The number of hydrogen-bond donors (Lipinski definition) is 1. The summed E-state index contributed by atoms with van der Waals surface area (Å²) in [6.45, 7) is 2.57. The summed E-state index contributed by atoms with van der Waals surface area (Å²) in [5.74, 6) is -0.663. The van der Waals surface area contributed by atoms with Crippen molar-refractivity contribution in [3.05, 3.63) is 0 Å². The van der Waals surface area contributed by atoms with E-state index in [1.165, 1.54) is 4.90 Å². The predicted octanol–water partition coefficient (Wildman–Crippen LogP) is 1.04. The van der Waals surface area contributed by atoms with Crippen molar-refractivity contribution in [3.8, 4) is 0 Å². The zero-order chi connectivity index (χ0) is 14.7. The van der Waals surface area contributed by atoms with Gasteiger partial charge in [0.1, 0.15) is 5.54 Å². The normalized spacial score (nSPS) is 25.2. The summed E-state index contributed by atoms with van der Waals surface area (Å²) < 4.78 is 39.3. The van der Waals surface area contributed by atoms with Crippen molar-refractivity contribution in [2.24, 2.45) is 0 Å². The molecule has 0 aromatic heterocycles. The Hall–Kier alpha value is -1.31. The molecule has 1 aliphatic rings. The van der Waals surface area contributed by atoms with Gasteiger partial charge in [-0.1, -0.05) is 6.92 Å². The zero-order valence-corrected chi connectivity index (χ0v) is 10.8. The number of alkyl halides is 3. The van der Waals surface area contributed by atoms with Crippen LogP contribution in [0.3, 0.4) is 0 Å². The van der Waals surface area contributed by atoms with E-state index >= 15 is 0 Å². The molecule has 0 aromatic rings. The molecule has 1 atom stereocenters. The maximum absolute atomic E-state index is 12.2. The Morgan fingerprint density at radius 1 is 1.42 bits per heavy atom. The van der Waals surface area contributed by atoms with Crippen LogP contribution >= 0.6 is 0 Å². The van der Waals surface area contributed by atoms with Crippen LogP contribution in [0, 0.1) is 0 Å². The number of hydrogen-bond acceptors (Lipinski definition) is 3. The molecule has 2 amide bonds. The van der Waals surface area contributed by atoms with Crippen LogP contribution < -0.4 is 5.32 Å². The van der Waals surface area contributed by atoms with Crippen LogP contribution in [-0.4, -0.2) is 48.3 Å². The van der Waals surface area contributed by atoms with Crippen molar-refractivity contribution in [3.63, 3.8) is 0 Å². The lowest BCUT2D eigenvalue weighted by atomic mass is 9.97. The van der Waals surface area contributed by atoms with Gasteiger partial charge in [0.2, 0.25) is 11.8 Å². The molecule has 1 fully saturated rings. The maximum atomic E-state index is 12.2. The summed E-state index contributed by atoms with van der Waals surface area (Å²) in [4.78, 5) is 24.9. The number of amides is 2. The molecule has 0 saturated carbocycles. The molecule has 1 saturated heterocycles. The third kappa shape index (κ3) is 4.38. The van der Waals surface area contributed by atoms with Crippen LogP contribution in [0.5, 0.6) is 0 Å². The molecular weight excluding hydrogens is 265 g/mol. The number of rotatable bonds is 4. The minimum Gasteiger partial charge on any atom is -0.342 e. The molecule has 1 N–H and O–H groups in total. The lowest BCUT2D eigenvalue weighted by Gasteiger charge is -2.31. The van der Waals surface area contributed by atoms with E-state index in [2.05, 4.69) is 10.1 Å². The Morgan fingerprint density at radius 3 is 2.58 bits per heavy atom. The van der Waals surface area contributed by atoms with Gasteiger partial charge in [0, 0.05) is 19.5 Å². The molecule has 1 rings (SSSR count). The predicted molar refractivity (Wildman–Crippen MR) is 60.0 cm³/mol. The van der Waals surface area contributed by atoms with E-state index < -0.39 is 18.5 Å². The number of ether oxygens (including phenoxy) is 1. The first-order chi connectivity index (χ1) is 8.68. The number of nitrogens with zero attached hydrogens (tertiary/aromatic N) is 1. The molecule has 1 heterocycles. The van der Waals surface area contributed by atoms with Crippen LogP contribution in [0.25, 0.3) is 0 Å². The van der Waals surface area contributed by atoms with E-state index in [1.54, 1.807) is 13.8 Å². The summed E-state index contributed by atoms with van der Waals surface area (Å²) >= 11 is 0. The van der Waals surface area contributed by atoms with Gasteiger partial charge in [-0.05, 0) is 13.3 Å². The highest BCUT2D eigenvalue weighted by molar-refractivity contribution is 5.93. The van der Waals surface area contributed by atoms with Gasteiger partial charge in [-0.3, -0.25) is 14.3 Å². The van der Waals surface area contributed by atoms with Gasteiger partial charge < -0.3 is 10.2 Å². The largest absolute Gasteiger partial charge is 0.522 e. The van der Waals surface area contributed by atoms with E-state index in [1.807, 2.05) is 0 Å². The molecule has 0 radical (unpaired) electrons. The Bertz CT molecular complexity index is 360. The van der Waals surface area contributed by atoms with E-state index in [0.717, 1.165) is 0 Å². The van der Waals surface area contributed by atoms with Gasteiger partial charge in [0.05, 0.1) is 6.61 Å². The summed E-state index contributed by atoms with van der Waals surface area (Å²) in [6, 6.07) is 0. The molecule has 0 spiro atoms. The molecule has 110 valence electrons. The summed E-state index contributed by atoms with van der Waals surface area (Å²) in [5.41, 5.74) is -1.06. The quantitative estimate of drug-likeness (QED) is 0.838. The molecular formula is C11H17F3N2O3. The van der Waals surface area contributed by atoms with Crippen molar-refractivity contribution >= 4 is 11.8 Å². The number of carbonyl (C=O) groups excluding carboxylic acids is 2. The van der Waals surface area contributed by atoms with E-state index in [4.69, 9.17) is 0 Å². The lowest BCUT2D eigenvalue weighted by molar-refractivity contribution is -0.324. The minimum absolute atomic E-state index is 0.0767. The topological polar surface area (TPSA) is 58.6 Å². The van der Waals surface area contributed by atoms with Crippen LogP contribution in [0.1, 0.15) is 26.7 Å². The lowest BCUT2D eigenvalue weighted by Crippen LogP contribution is -2.55. The fourth-order valence-corrected chi connectivity index (χ4v) is 1.84. The van der Waals surface area contributed by atoms with Crippen molar-refractivity contribution in [2.75, 3.05) is 19.7 Å². The standard InChI is InChI=1S/C11H17F3N2O3/c1-3-10(2)9(18)16(5-4-8(17)15-10)6-7-19-11(12,13)14/h3-7H2,1-2H3,(H,15,17). The van der Waals surface area contributed by atoms with Gasteiger partial charge in [0.25, 0.3) is 0 Å². The molecule has 1 aliphatic heterocycles. The van der Waals surface area contributed by atoms with Gasteiger partial charge in [-0.25, -0.2) is 0 Å². The molecule has 0 aromatic carbocycles. The number of nitrogens with one attached hydrogen (secondary N) is 1. The molecule has 8 heteroatoms. The van der Waals surface area contributed by atoms with Crippen molar-refractivity contribution < 1.29 is 27.5 Å². The van der Waals surface area contributed by atoms with Gasteiger partial charge in [-0.15, -0.1) is 13.2 Å². The third-order valence-electron chi connectivity index (χ3n) is 3.12. The molecule has 0 aliphatic carbocycles. The van der Waals surface area contributed by atoms with Gasteiger partial charge >= 0.3 is 6.36 Å². The SMILES string of the molecule is CCC1(C)NC(=O)CCN(CCOC(F)(F)F)C1=O. The minimum atomic E-state index is -4.71. The van der Waals surface area contributed by atoms with Crippen molar-refractivity contribution in [1.82, 2.24) is 10.2 Å². The average molecular weight is 282 g/mol. The Labute approximate surface area is 109 Å². The van der Waals surface area contributed by atoms with Gasteiger partial charge in [-0.2, -0.15) is 0 Å². The fraction of sp³-hybridized carbons (Fsp3) is 0.818. The molecule has 1 unspecified atom stereocenters. The smallest absolute Gasteiger partial charge is 0.342 e. The monoisotopic (exact) mass is 282 g/mol. The maximum Gasteiger partial charge on any atom is 0.522 e. The first kappa shape index (κ1) is 15.7. The number of halogens is 3. The highest BCUT2D eigenvalue weighted by Gasteiger charge is 2.39. The van der Waals surface area contributed by atoms with Gasteiger partial charge in [0.15, 0.2) is 0 Å². The Morgan fingerprint density at radius 2 is 2.05 bits per heavy atom. The van der Waals surface area contributed by atoms with Crippen LogP contribution in [0.2, 0.25) is 0 Å². The summed E-state index contributed by atoms with van der Waals surface area (Å²) in [6.07, 6.45) is -4.27. The van der Waals surface area contributed by atoms with Crippen molar-refractivity contribution in [1.29, 1.82) is 0 Å². The second kappa shape index (κ2) is 5.77. The molecule has 19 heavy (non-hydrogen) atoms. The fourth-order valence-electron chi connectivity index (χ4n) is 1.84. The highest BCUT2D eigenvalue weighted by atomic mass is 19.4.